The maximum Gasteiger partial charge on any atom is 0.224 e. The van der Waals surface area contributed by atoms with Gasteiger partial charge in [0.1, 0.15) is 5.82 Å². The highest BCUT2D eigenvalue weighted by atomic mass is 35.5. The van der Waals surface area contributed by atoms with Crippen LogP contribution in [0.25, 0.3) is 0 Å². The van der Waals surface area contributed by atoms with Gasteiger partial charge >= 0.3 is 0 Å². The van der Waals surface area contributed by atoms with Crippen molar-refractivity contribution >= 4 is 28.9 Å². The van der Waals surface area contributed by atoms with Crippen LogP contribution in [0.3, 0.4) is 0 Å². The first kappa shape index (κ1) is 25.0. The minimum absolute atomic E-state index is 0.00724. The Morgan fingerprint density at radius 2 is 1.57 bits per heavy atom. The maximum absolute atomic E-state index is 13.3. The molecular formula is C28H32ClFN4O. The summed E-state index contributed by atoms with van der Waals surface area (Å²) in [6, 6.07) is 22.7. The SMILES string of the molecule is CN(C)c1ccc([C@H](CNC(=O)Cc2ccc(Cl)cc2)N2CCN(c3ccc(F)cc3)CC2)cc1. The summed E-state index contributed by atoms with van der Waals surface area (Å²) in [4.78, 5) is 19.5. The number of amides is 1. The van der Waals surface area contributed by atoms with E-state index < -0.39 is 0 Å². The number of nitrogens with one attached hydrogen (secondary N) is 1. The average Bonchev–Trinajstić information content (AvgIpc) is 2.87. The molecule has 0 aromatic heterocycles. The summed E-state index contributed by atoms with van der Waals surface area (Å²) in [6.07, 6.45) is 0.321. The third-order valence-corrected chi connectivity index (χ3v) is 6.76. The van der Waals surface area contributed by atoms with Gasteiger partial charge < -0.3 is 15.1 Å². The van der Waals surface area contributed by atoms with Gasteiger partial charge in [0.15, 0.2) is 0 Å². The van der Waals surface area contributed by atoms with Crippen LogP contribution in [0.4, 0.5) is 15.8 Å². The second-order valence-electron chi connectivity index (χ2n) is 9.11. The van der Waals surface area contributed by atoms with Crippen molar-refractivity contribution in [3.63, 3.8) is 0 Å². The Bertz CT molecular complexity index is 1100. The fraction of sp³-hybridized carbons (Fsp3) is 0.321. The lowest BCUT2D eigenvalue weighted by Gasteiger charge is -2.40. The molecule has 0 saturated carbocycles. The van der Waals surface area contributed by atoms with Gasteiger partial charge in [-0.25, -0.2) is 4.39 Å². The van der Waals surface area contributed by atoms with Crippen LogP contribution in [0.5, 0.6) is 0 Å². The molecule has 184 valence electrons. The molecule has 1 aliphatic rings. The Labute approximate surface area is 212 Å². The lowest BCUT2D eigenvalue weighted by molar-refractivity contribution is -0.120. The number of rotatable bonds is 8. The van der Waals surface area contributed by atoms with Crippen molar-refractivity contribution in [3.05, 3.63) is 94.8 Å². The molecule has 1 N–H and O–H groups in total. The van der Waals surface area contributed by atoms with E-state index in [-0.39, 0.29) is 17.8 Å². The smallest absolute Gasteiger partial charge is 0.224 e. The summed E-state index contributed by atoms with van der Waals surface area (Å²) in [5.41, 5.74) is 4.29. The van der Waals surface area contributed by atoms with Crippen molar-refractivity contribution in [2.24, 2.45) is 0 Å². The predicted molar refractivity (Wildman–Crippen MR) is 142 cm³/mol. The van der Waals surface area contributed by atoms with Crippen LogP contribution in [-0.4, -0.2) is 57.6 Å². The Balaban J connectivity index is 1.43. The van der Waals surface area contributed by atoms with E-state index in [4.69, 9.17) is 11.6 Å². The molecule has 35 heavy (non-hydrogen) atoms. The molecular weight excluding hydrogens is 463 g/mol. The summed E-state index contributed by atoms with van der Waals surface area (Å²) >= 11 is 5.96. The average molecular weight is 495 g/mol. The van der Waals surface area contributed by atoms with Gasteiger partial charge in [0.05, 0.1) is 12.5 Å². The molecule has 0 aliphatic carbocycles. The normalized spacial score (nSPS) is 15.0. The van der Waals surface area contributed by atoms with Crippen LogP contribution < -0.4 is 15.1 Å². The van der Waals surface area contributed by atoms with E-state index in [2.05, 4.69) is 44.3 Å². The largest absolute Gasteiger partial charge is 0.378 e. The number of carbonyl (C=O) groups is 1. The Morgan fingerprint density at radius 3 is 2.17 bits per heavy atom. The van der Waals surface area contributed by atoms with Gasteiger partial charge in [-0.3, -0.25) is 9.69 Å². The number of benzene rings is 3. The molecule has 1 heterocycles. The van der Waals surface area contributed by atoms with Gasteiger partial charge in [0.2, 0.25) is 5.91 Å². The Hall–Kier alpha value is -3.09. The van der Waals surface area contributed by atoms with Crippen molar-refractivity contribution in [1.29, 1.82) is 0 Å². The van der Waals surface area contributed by atoms with Crippen molar-refractivity contribution in [2.75, 3.05) is 56.6 Å². The zero-order chi connectivity index (χ0) is 24.8. The van der Waals surface area contributed by atoms with Crippen LogP contribution in [-0.2, 0) is 11.2 Å². The Kier molecular flexibility index (Phi) is 8.26. The van der Waals surface area contributed by atoms with Gasteiger partial charge in [-0.15, -0.1) is 0 Å². The van der Waals surface area contributed by atoms with Crippen LogP contribution >= 0.6 is 11.6 Å². The molecule has 4 rings (SSSR count). The van der Waals surface area contributed by atoms with Gasteiger partial charge in [-0.05, 0) is 59.7 Å². The van der Waals surface area contributed by atoms with Crippen LogP contribution in [0.2, 0.25) is 5.02 Å². The van der Waals surface area contributed by atoms with Gasteiger partial charge in [-0.1, -0.05) is 35.9 Å². The zero-order valence-electron chi connectivity index (χ0n) is 20.3. The fourth-order valence-corrected chi connectivity index (χ4v) is 4.58. The highest BCUT2D eigenvalue weighted by molar-refractivity contribution is 6.30. The molecule has 0 bridgehead atoms. The van der Waals surface area contributed by atoms with E-state index in [0.29, 0.717) is 18.0 Å². The van der Waals surface area contributed by atoms with E-state index >= 15 is 0 Å². The third-order valence-electron chi connectivity index (χ3n) is 6.51. The molecule has 0 unspecified atom stereocenters. The number of anilines is 2. The summed E-state index contributed by atoms with van der Waals surface area (Å²) in [7, 11) is 4.05. The summed E-state index contributed by atoms with van der Waals surface area (Å²) < 4.78 is 13.3. The lowest BCUT2D eigenvalue weighted by Crippen LogP contribution is -2.50. The lowest BCUT2D eigenvalue weighted by atomic mass is 10.0. The number of carbonyl (C=O) groups excluding carboxylic acids is 1. The first-order valence-electron chi connectivity index (χ1n) is 11.9. The summed E-state index contributed by atoms with van der Waals surface area (Å²) in [6.45, 7) is 3.92. The molecule has 5 nitrogen and oxygen atoms in total. The number of hydrogen-bond donors (Lipinski definition) is 1. The van der Waals surface area contributed by atoms with Gasteiger partial charge in [0, 0.05) is 63.2 Å². The van der Waals surface area contributed by atoms with Crippen molar-refractivity contribution in [1.82, 2.24) is 10.2 Å². The first-order chi connectivity index (χ1) is 16.9. The van der Waals surface area contributed by atoms with E-state index in [0.717, 1.165) is 43.1 Å². The predicted octanol–water partition coefficient (Wildman–Crippen LogP) is 4.77. The number of halogens is 2. The van der Waals surface area contributed by atoms with Crippen molar-refractivity contribution in [3.8, 4) is 0 Å². The highest BCUT2D eigenvalue weighted by Crippen LogP contribution is 2.26. The number of piperazine rings is 1. The standard InChI is InChI=1S/C28H32ClFN4O/c1-32(2)25-11-5-22(6-12-25)27(20-31-28(35)19-21-3-7-23(29)8-4-21)34-17-15-33(16-18-34)26-13-9-24(30)10-14-26/h3-14,27H,15-20H2,1-2H3,(H,31,35)/t27-/m0/s1. The topological polar surface area (TPSA) is 38.8 Å². The molecule has 1 saturated heterocycles. The molecule has 7 heteroatoms. The quantitative estimate of drug-likeness (QED) is 0.489. The molecule has 0 spiro atoms. The third kappa shape index (κ3) is 6.74. The fourth-order valence-electron chi connectivity index (χ4n) is 4.46. The molecule has 3 aromatic carbocycles. The van der Waals surface area contributed by atoms with Crippen LogP contribution in [0.15, 0.2) is 72.8 Å². The summed E-state index contributed by atoms with van der Waals surface area (Å²) in [5.74, 6) is -0.227. The van der Waals surface area contributed by atoms with E-state index in [1.807, 2.05) is 38.4 Å². The molecule has 1 fully saturated rings. The van der Waals surface area contributed by atoms with E-state index in [1.165, 1.54) is 17.7 Å². The molecule has 1 aliphatic heterocycles. The highest BCUT2D eigenvalue weighted by Gasteiger charge is 2.26. The van der Waals surface area contributed by atoms with Gasteiger partial charge in [0.25, 0.3) is 0 Å². The van der Waals surface area contributed by atoms with Crippen LogP contribution in [0.1, 0.15) is 17.2 Å². The molecule has 3 aromatic rings. The first-order valence-corrected chi connectivity index (χ1v) is 12.3. The summed E-state index contributed by atoms with van der Waals surface area (Å²) in [5, 5.41) is 3.81. The minimum Gasteiger partial charge on any atom is -0.378 e. The van der Waals surface area contributed by atoms with Crippen molar-refractivity contribution in [2.45, 2.75) is 12.5 Å². The Morgan fingerprint density at radius 1 is 0.943 bits per heavy atom. The molecule has 1 amide bonds. The van der Waals surface area contributed by atoms with Crippen LogP contribution in [0, 0.1) is 5.82 Å². The number of hydrogen-bond acceptors (Lipinski definition) is 4. The zero-order valence-corrected chi connectivity index (χ0v) is 21.0. The maximum atomic E-state index is 13.3. The second kappa shape index (κ2) is 11.6. The van der Waals surface area contributed by atoms with E-state index in [9.17, 15) is 9.18 Å². The molecule has 1 atom stereocenters. The van der Waals surface area contributed by atoms with Crippen molar-refractivity contribution < 1.29 is 9.18 Å². The second-order valence-corrected chi connectivity index (χ2v) is 9.54. The monoisotopic (exact) mass is 494 g/mol. The van der Waals surface area contributed by atoms with Gasteiger partial charge in [-0.2, -0.15) is 0 Å². The minimum atomic E-state index is -0.219. The molecule has 0 radical (unpaired) electrons. The number of nitrogens with zero attached hydrogens (tertiary/aromatic N) is 3. The van der Waals surface area contributed by atoms with E-state index in [1.54, 1.807) is 12.1 Å².